The zero-order valence-corrected chi connectivity index (χ0v) is 15.1. The number of hydrogen-bond donors (Lipinski definition) is 0. The van der Waals surface area contributed by atoms with Crippen molar-refractivity contribution >= 4 is 5.91 Å². The quantitative estimate of drug-likeness (QED) is 0.698. The maximum Gasteiger partial charge on any atom is 0.253 e. The second kappa shape index (κ2) is 7.31. The molecule has 2 heterocycles. The Hall–Kier alpha value is -3.02. The van der Waals surface area contributed by atoms with Gasteiger partial charge >= 0.3 is 0 Å². The van der Waals surface area contributed by atoms with Gasteiger partial charge in [-0.2, -0.15) is 0 Å². The number of carbonyl (C=O) groups excluding carboxylic acids is 1. The molecular weight excluding hydrogens is 345 g/mol. The van der Waals surface area contributed by atoms with Crippen LogP contribution in [0.5, 0.6) is 0 Å². The average Bonchev–Trinajstić information content (AvgIpc) is 3.21. The highest BCUT2D eigenvalue weighted by atomic mass is 19.1. The SMILES string of the molecule is Cc1ccc(C(=O)N2CCCC(c3nnc(-c4ccccc4)o3)C2)cc1F. The van der Waals surface area contributed by atoms with Crippen LogP contribution < -0.4 is 0 Å². The molecule has 0 bridgehead atoms. The number of aromatic nitrogens is 2. The Kier molecular flexibility index (Phi) is 4.71. The van der Waals surface area contributed by atoms with Crippen LogP contribution in [0.15, 0.2) is 52.9 Å². The summed E-state index contributed by atoms with van der Waals surface area (Å²) >= 11 is 0. The summed E-state index contributed by atoms with van der Waals surface area (Å²) in [6, 6.07) is 14.2. The third-order valence-electron chi connectivity index (χ3n) is 4.94. The van der Waals surface area contributed by atoms with Crippen molar-refractivity contribution in [3.63, 3.8) is 0 Å². The first-order valence-corrected chi connectivity index (χ1v) is 9.06. The standard InChI is InChI=1S/C21H20FN3O2/c1-14-9-10-16(12-18(14)22)21(26)25-11-5-8-17(13-25)20-24-23-19(27-20)15-6-3-2-4-7-15/h2-4,6-7,9-10,12,17H,5,8,11,13H2,1H3. The van der Waals surface area contributed by atoms with E-state index in [9.17, 15) is 9.18 Å². The molecule has 1 aromatic heterocycles. The van der Waals surface area contributed by atoms with E-state index in [1.165, 1.54) is 6.07 Å². The van der Waals surface area contributed by atoms with Crippen LogP contribution >= 0.6 is 0 Å². The number of benzene rings is 2. The van der Waals surface area contributed by atoms with E-state index in [1.807, 2.05) is 30.3 Å². The molecule has 2 aromatic carbocycles. The second-order valence-electron chi connectivity index (χ2n) is 6.87. The number of halogens is 1. The van der Waals surface area contributed by atoms with Crippen molar-refractivity contribution in [3.05, 3.63) is 71.4 Å². The first-order chi connectivity index (χ1) is 13.1. The molecule has 5 nitrogen and oxygen atoms in total. The van der Waals surface area contributed by atoms with Crippen molar-refractivity contribution < 1.29 is 13.6 Å². The summed E-state index contributed by atoms with van der Waals surface area (Å²) in [6.07, 6.45) is 1.72. The lowest BCUT2D eigenvalue weighted by Gasteiger charge is -2.31. The van der Waals surface area contributed by atoms with Gasteiger partial charge < -0.3 is 9.32 Å². The molecule has 1 aliphatic heterocycles. The van der Waals surface area contributed by atoms with Gasteiger partial charge in [-0.25, -0.2) is 4.39 Å². The monoisotopic (exact) mass is 365 g/mol. The Morgan fingerprint density at radius 1 is 1.19 bits per heavy atom. The number of carbonyl (C=O) groups is 1. The third-order valence-corrected chi connectivity index (χ3v) is 4.94. The van der Waals surface area contributed by atoms with Crippen LogP contribution in [0.2, 0.25) is 0 Å². The molecule has 6 heteroatoms. The molecule has 138 valence electrons. The van der Waals surface area contributed by atoms with Crippen molar-refractivity contribution in [3.8, 4) is 11.5 Å². The van der Waals surface area contributed by atoms with Crippen LogP contribution in [-0.2, 0) is 0 Å². The van der Waals surface area contributed by atoms with Crippen LogP contribution in [0.1, 0.15) is 40.6 Å². The van der Waals surface area contributed by atoms with Gasteiger partial charge in [-0.15, -0.1) is 10.2 Å². The lowest BCUT2D eigenvalue weighted by molar-refractivity contribution is 0.0698. The molecule has 1 amide bonds. The van der Waals surface area contributed by atoms with Gasteiger partial charge in [0, 0.05) is 24.2 Å². The first-order valence-electron chi connectivity index (χ1n) is 9.06. The Morgan fingerprint density at radius 3 is 2.78 bits per heavy atom. The summed E-state index contributed by atoms with van der Waals surface area (Å²) in [4.78, 5) is 14.5. The summed E-state index contributed by atoms with van der Waals surface area (Å²) in [6.45, 7) is 2.82. The number of nitrogens with zero attached hydrogens (tertiary/aromatic N) is 3. The molecule has 0 spiro atoms. The Bertz CT molecular complexity index is 955. The maximum atomic E-state index is 13.8. The van der Waals surface area contributed by atoms with Crippen LogP contribution in [0.3, 0.4) is 0 Å². The summed E-state index contributed by atoms with van der Waals surface area (Å²) in [5.41, 5.74) is 1.77. The lowest BCUT2D eigenvalue weighted by Crippen LogP contribution is -2.39. The number of hydrogen-bond acceptors (Lipinski definition) is 4. The highest BCUT2D eigenvalue weighted by Gasteiger charge is 2.29. The van der Waals surface area contributed by atoms with Gasteiger partial charge in [-0.3, -0.25) is 4.79 Å². The van der Waals surface area contributed by atoms with Gasteiger partial charge in [-0.1, -0.05) is 24.3 Å². The van der Waals surface area contributed by atoms with Crippen LogP contribution in [0.4, 0.5) is 4.39 Å². The number of piperidine rings is 1. The van der Waals surface area contributed by atoms with Crippen molar-refractivity contribution in [2.24, 2.45) is 0 Å². The fourth-order valence-corrected chi connectivity index (χ4v) is 3.37. The molecule has 1 unspecified atom stereocenters. The minimum atomic E-state index is -0.362. The largest absolute Gasteiger partial charge is 0.420 e. The Morgan fingerprint density at radius 2 is 2.00 bits per heavy atom. The average molecular weight is 365 g/mol. The molecule has 4 rings (SSSR count). The second-order valence-corrected chi connectivity index (χ2v) is 6.87. The van der Waals surface area contributed by atoms with Crippen molar-refractivity contribution in [1.29, 1.82) is 0 Å². The van der Waals surface area contributed by atoms with Crippen molar-refractivity contribution in [2.45, 2.75) is 25.7 Å². The summed E-state index contributed by atoms with van der Waals surface area (Å²) < 4.78 is 19.7. The third kappa shape index (κ3) is 3.60. The normalized spacial score (nSPS) is 17.1. The van der Waals surface area contributed by atoms with Crippen LogP contribution in [0.25, 0.3) is 11.5 Å². The van der Waals surface area contributed by atoms with Gasteiger partial charge in [0.25, 0.3) is 5.91 Å². The van der Waals surface area contributed by atoms with Gasteiger partial charge in [0.05, 0.1) is 5.92 Å². The van der Waals surface area contributed by atoms with Crippen molar-refractivity contribution in [1.82, 2.24) is 15.1 Å². The van der Waals surface area contributed by atoms with E-state index in [0.29, 0.717) is 36.0 Å². The van der Waals surface area contributed by atoms with E-state index in [2.05, 4.69) is 10.2 Å². The van der Waals surface area contributed by atoms with Gasteiger partial charge in [-0.05, 0) is 49.6 Å². The van der Waals surface area contributed by atoms with Gasteiger partial charge in [0.15, 0.2) is 0 Å². The van der Waals surface area contributed by atoms with E-state index in [4.69, 9.17) is 4.42 Å². The van der Waals surface area contributed by atoms with Crippen LogP contribution in [-0.4, -0.2) is 34.1 Å². The topological polar surface area (TPSA) is 59.2 Å². The van der Waals surface area contributed by atoms with E-state index in [0.717, 1.165) is 18.4 Å². The highest BCUT2D eigenvalue weighted by molar-refractivity contribution is 5.94. The minimum absolute atomic E-state index is 0.0112. The molecule has 1 atom stereocenters. The molecule has 1 saturated heterocycles. The van der Waals surface area contributed by atoms with Gasteiger partial charge in [0.2, 0.25) is 11.8 Å². The Labute approximate surface area is 156 Å². The number of aryl methyl sites for hydroxylation is 1. The minimum Gasteiger partial charge on any atom is -0.420 e. The fourth-order valence-electron chi connectivity index (χ4n) is 3.37. The van der Waals surface area contributed by atoms with Gasteiger partial charge in [0.1, 0.15) is 5.82 Å². The zero-order valence-electron chi connectivity index (χ0n) is 15.1. The summed E-state index contributed by atoms with van der Waals surface area (Å²) in [7, 11) is 0. The highest BCUT2D eigenvalue weighted by Crippen LogP contribution is 2.29. The van der Waals surface area contributed by atoms with E-state index < -0.39 is 0 Å². The Balaban J connectivity index is 1.50. The molecule has 0 N–H and O–H groups in total. The smallest absolute Gasteiger partial charge is 0.253 e. The number of rotatable bonds is 3. The van der Waals surface area contributed by atoms with E-state index in [-0.39, 0.29) is 17.6 Å². The molecule has 27 heavy (non-hydrogen) atoms. The lowest BCUT2D eigenvalue weighted by atomic mass is 9.97. The predicted molar refractivity (Wildman–Crippen MR) is 98.7 cm³/mol. The first kappa shape index (κ1) is 17.4. The molecule has 1 fully saturated rings. The maximum absolute atomic E-state index is 13.8. The van der Waals surface area contributed by atoms with E-state index >= 15 is 0 Å². The zero-order chi connectivity index (χ0) is 18.8. The molecule has 0 saturated carbocycles. The van der Waals surface area contributed by atoms with E-state index in [1.54, 1.807) is 24.0 Å². The molecule has 0 aliphatic carbocycles. The van der Waals surface area contributed by atoms with Crippen LogP contribution in [0, 0.1) is 12.7 Å². The molecular formula is C21H20FN3O2. The number of amides is 1. The predicted octanol–water partition coefficient (Wildman–Crippen LogP) is 4.20. The number of likely N-dealkylation sites (tertiary alicyclic amines) is 1. The molecule has 0 radical (unpaired) electrons. The summed E-state index contributed by atoms with van der Waals surface area (Å²) in [5.74, 6) is 0.485. The summed E-state index contributed by atoms with van der Waals surface area (Å²) in [5, 5.41) is 8.34. The molecule has 3 aromatic rings. The molecule has 1 aliphatic rings. The van der Waals surface area contributed by atoms with Crippen molar-refractivity contribution in [2.75, 3.05) is 13.1 Å². The fraction of sp³-hybridized carbons (Fsp3) is 0.286.